The van der Waals surface area contributed by atoms with Crippen LogP contribution in [-0.2, 0) is 10.0 Å². The van der Waals surface area contributed by atoms with E-state index in [2.05, 4.69) is 22.2 Å². The number of anilines is 1. The quantitative estimate of drug-likeness (QED) is 0.568. The number of sulfonamides is 1. The molecule has 0 saturated heterocycles. The summed E-state index contributed by atoms with van der Waals surface area (Å²) < 4.78 is 27.0. The number of nitrogens with one attached hydrogen (secondary N) is 2. The Morgan fingerprint density at radius 1 is 1.24 bits per heavy atom. The second-order valence-corrected chi connectivity index (χ2v) is 8.48. The zero-order valence-electron chi connectivity index (χ0n) is 14.3. The fourth-order valence-electron chi connectivity index (χ4n) is 1.92. The molecule has 8 heteroatoms. The Hall–Kier alpha value is -2.19. The molecule has 25 heavy (non-hydrogen) atoms. The van der Waals surface area contributed by atoms with E-state index < -0.39 is 10.0 Å². The van der Waals surface area contributed by atoms with Crippen LogP contribution >= 0.6 is 11.3 Å². The van der Waals surface area contributed by atoms with Crippen LogP contribution in [0.25, 0.3) is 0 Å². The zero-order valence-corrected chi connectivity index (χ0v) is 15.9. The van der Waals surface area contributed by atoms with E-state index in [9.17, 15) is 13.2 Å². The van der Waals surface area contributed by atoms with E-state index in [0.29, 0.717) is 17.2 Å². The van der Waals surface area contributed by atoms with Crippen molar-refractivity contribution in [2.24, 2.45) is 11.0 Å². The van der Waals surface area contributed by atoms with Gasteiger partial charge in [-0.3, -0.25) is 9.52 Å². The van der Waals surface area contributed by atoms with Crippen molar-refractivity contribution < 1.29 is 13.2 Å². The Labute approximate surface area is 152 Å². The van der Waals surface area contributed by atoms with Crippen molar-refractivity contribution in [3.63, 3.8) is 0 Å². The van der Waals surface area contributed by atoms with E-state index in [1.54, 1.807) is 35.7 Å². The minimum absolute atomic E-state index is 0.240. The first kappa shape index (κ1) is 19.1. The highest BCUT2D eigenvalue weighted by Crippen LogP contribution is 2.20. The smallest absolute Gasteiger partial charge is 0.271 e. The predicted molar refractivity (Wildman–Crippen MR) is 102 cm³/mol. The van der Waals surface area contributed by atoms with E-state index >= 15 is 0 Å². The monoisotopic (exact) mass is 379 g/mol. The molecule has 0 bridgehead atoms. The highest BCUT2D eigenvalue weighted by molar-refractivity contribution is 7.94. The Morgan fingerprint density at radius 2 is 1.92 bits per heavy atom. The molecule has 2 aromatic rings. The Balaban J connectivity index is 2.03. The largest absolute Gasteiger partial charge is 0.279 e. The van der Waals surface area contributed by atoms with Crippen molar-refractivity contribution in [2.45, 2.75) is 31.4 Å². The second kappa shape index (κ2) is 8.26. The lowest BCUT2D eigenvalue weighted by Gasteiger charge is -2.09. The van der Waals surface area contributed by atoms with Crippen LogP contribution in [0.5, 0.6) is 0 Å². The number of carbonyl (C=O) groups is 1. The molecule has 0 fully saturated rings. The summed E-state index contributed by atoms with van der Waals surface area (Å²) in [7, 11) is -3.59. The van der Waals surface area contributed by atoms with Crippen molar-refractivity contribution in [3.8, 4) is 0 Å². The van der Waals surface area contributed by atoms with Crippen molar-refractivity contribution >= 4 is 38.7 Å². The third-order valence-corrected chi connectivity index (χ3v) is 6.60. The van der Waals surface area contributed by atoms with Crippen LogP contribution in [0.4, 0.5) is 5.69 Å². The van der Waals surface area contributed by atoms with Gasteiger partial charge >= 0.3 is 0 Å². The first-order chi connectivity index (χ1) is 11.8. The van der Waals surface area contributed by atoms with Crippen LogP contribution in [-0.4, -0.2) is 20.0 Å². The molecule has 134 valence electrons. The molecule has 2 N–H and O–H groups in total. The molecule has 1 aromatic carbocycles. The summed E-state index contributed by atoms with van der Waals surface area (Å²) in [5.74, 6) is -0.0374. The molecule has 0 saturated carbocycles. The van der Waals surface area contributed by atoms with Gasteiger partial charge in [-0.15, -0.1) is 11.3 Å². The van der Waals surface area contributed by atoms with E-state index in [1.807, 2.05) is 13.8 Å². The van der Waals surface area contributed by atoms with Crippen LogP contribution < -0.4 is 10.1 Å². The van der Waals surface area contributed by atoms with Gasteiger partial charge in [-0.05, 0) is 55.0 Å². The Kier molecular flexibility index (Phi) is 6.33. The Bertz CT molecular complexity index is 842. The van der Waals surface area contributed by atoms with Gasteiger partial charge in [0.1, 0.15) is 4.21 Å². The average molecular weight is 380 g/mol. The summed E-state index contributed by atoms with van der Waals surface area (Å²) in [4.78, 5) is 12.1. The van der Waals surface area contributed by atoms with Crippen LogP contribution in [0.2, 0.25) is 0 Å². The van der Waals surface area contributed by atoms with Gasteiger partial charge in [0, 0.05) is 17.0 Å². The minimum Gasteiger partial charge on any atom is -0.279 e. The molecule has 0 aliphatic heterocycles. The molecule has 0 spiro atoms. The first-order valence-electron chi connectivity index (χ1n) is 7.84. The van der Waals surface area contributed by atoms with Crippen LogP contribution in [0.15, 0.2) is 51.1 Å². The lowest BCUT2D eigenvalue weighted by molar-refractivity contribution is 0.0954. The molecule has 1 heterocycles. The molecule has 0 aliphatic carbocycles. The summed E-state index contributed by atoms with van der Waals surface area (Å²) in [5, 5.41) is 5.79. The number of rotatable bonds is 7. The molecule has 0 aliphatic rings. The summed E-state index contributed by atoms with van der Waals surface area (Å²) in [6.07, 6.45) is 0.949. The molecular formula is C17H21N3O3S2. The van der Waals surface area contributed by atoms with Gasteiger partial charge < -0.3 is 0 Å². The van der Waals surface area contributed by atoms with Crippen molar-refractivity contribution in [1.29, 1.82) is 0 Å². The van der Waals surface area contributed by atoms with E-state index in [-0.39, 0.29) is 10.1 Å². The fraction of sp³-hybridized carbons (Fsp3) is 0.294. The maximum absolute atomic E-state index is 12.2. The summed E-state index contributed by atoms with van der Waals surface area (Å²) >= 11 is 1.14. The zero-order chi connectivity index (χ0) is 18.4. The number of amides is 1. The molecule has 1 aromatic heterocycles. The van der Waals surface area contributed by atoms with Gasteiger partial charge in [-0.2, -0.15) is 5.10 Å². The number of carbonyl (C=O) groups excluding carboxylic acids is 1. The van der Waals surface area contributed by atoms with Crippen molar-refractivity contribution in [1.82, 2.24) is 5.43 Å². The second-order valence-electron chi connectivity index (χ2n) is 5.62. The topological polar surface area (TPSA) is 87.6 Å². The first-order valence-corrected chi connectivity index (χ1v) is 10.2. The Morgan fingerprint density at radius 3 is 2.48 bits per heavy atom. The van der Waals surface area contributed by atoms with Gasteiger partial charge in [0.25, 0.3) is 15.9 Å². The van der Waals surface area contributed by atoms with E-state index in [4.69, 9.17) is 0 Å². The number of nitrogens with zero attached hydrogens (tertiary/aromatic N) is 1. The summed E-state index contributed by atoms with van der Waals surface area (Å²) in [5.41, 5.74) is 4.17. The van der Waals surface area contributed by atoms with Crippen LogP contribution in [0, 0.1) is 5.92 Å². The SMILES string of the molecule is CC[C@H](C)/C(C)=N\NC(=O)c1ccc(NS(=O)(=O)c2cccs2)cc1. The maximum atomic E-state index is 12.2. The number of hydrazone groups is 1. The normalized spacial score (nSPS) is 13.3. The highest BCUT2D eigenvalue weighted by Gasteiger charge is 2.15. The number of thiophene rings is 1. The van der Waals surface area contributed by atoms with Gasteiger partial charge in [0.05, 0.1) is 0 Å². The van der Waals surface area contributed by atoms with E-state index in [0.717, 1.165) is 23.5 Å². The molecule has 0 unspecified atom stereocenters. The lowest BCUT2D eigenvalue weighted by Crippen LogP contribution is -2.21. The lowest BCUT2D eigenvalue weighted by atomic mass is 10.1. The van der Waals surface area contributed by atoms with Crippen LogP contribution in [0.3, 0.4) is 0 Å². The van der Waals surface area contributed by atoms with Gasteiger partial charge in [0.15, 0.2) is 0 Å². The fourth-order valence-corrected chi connectivity index (χ4v) is 3.97. The third kappa shape index (κ3) is 5.14. The van der Waals surface area contributed by atoms with Gasteiger partial charge in [-0.25, -0.2) is 13.8 Å². The van der Waals surface area contributed by atoms with Gasteiger partial charge in [-0.1, -0.05) is 19.9 Å². The van der Waals surface area contributed by atoms with Gasteiger partial charge in [0.2, 0.25) is 0 Å². The molecule has 2 rings (SSSR count). The predicted octanol–water partition coefficient (Wildman–Crippen LogP) is 3.70. The molecular weight excluding hydrogens is 358 g/mol. The number of benzene rings is 1. The molecule has 1 amide bonds. The molecule has 0 radical (unpaired) electrons. The van der Waals surface area contributed by atoms with Crippen molar-refractivity contribution in [3.05, 3.63) is 47.3 Å². The molecule has 6 nitrogen and oxygen atoms in total. The highest BCUT2D eigenvalue weighted by atomic mass is 32.2. The molecule has 1 atom stereocenters. The van der Waals surface area contributed by atoms with Crippen LogP contribution in [0.1, 0.15) is 37.6 Å². The third-order valence-electron chi connectivity index (χ3n) is 3.82. The average Bonchev–Trinajstić information content (AvgIpc) is 3.14. The number of hydrogen-bond acceptors (Lipinski definition) is 5. The summed E-state index contributed by atoms with van der Waals surface area (Å²) in [6, 6.07) is 9.41. The minimum atomic E-state index is -3.59. The maximum Gasteiger partial charge on any atom is 0.271 e. The standard InChI is InChI=1S/C17H21N3O3S2/c1-4-12(2)13(3)18-19-17(21)14-7-9-15(10-8-14)20-25(22,23)16-6-5-11-24-16/h5-12,20H,4H2,1-3H3,(H,19,21)/b18-13-/t12-/m0/s1. The van der Waals surface area contributed by atoms with Crippen molar-refractivity contribution in [2.75, 3.05) is 4.72 Å². The van der Waals surface area contributed by atoms with E-state index in [1.165, 1.54) is 6.07 Å². The summed E-state index contributed by atoms with van der Waals surface area (Å²) in [6.45, 7) is 5.97. The number of hydrogen-bond donors (Lipinski definition) is 2.